The lowest BCUT2D eigenvalue weighted by atomic mass is 10.1. The molecule has 0 radical (unpaired) electrons. The quantitative estimate of drug-likeness (QED) is 0.541. The Morgan fingerprint density at radius 3 is 2.38 bits per heavy atom. The van der Waals surface area contributed by atoms with E-state index in [1.165, 1.54) is 11.1 Å². The molecule has 29 heavy (non-hydrogen) atoms. The van der Waals surface area contributed by atoms with Crippen LogP contribution in [0.4, 0.5) is 0 Å². The largest absolute Gasteiger partial charge is 0.491 e. The number of fused-ring (bicyclic) bond motifs is 1. The van der Waals surface area contributed by atoms with Crippen LogP contribution in [-0.2, 0) is 11.3 Å². The zero-order chi connectivity index (χ0) is 20.2. The Morgan fingerprint density at radius 1 is 1.03 bits per heavy atom. The summed E-state index contributed by atoms with van der Waals surface area (Å²) in [6.07, 6.45) is 1.16. The summed E-state index contributed by atoms with van der Waals surface area (Å²) in [5.74, 6) is -0.0727. The third kappa shape index (κ3) is 4.16. The fourth-order valence-electron chi connectivity index (χ4n) is 3.21. The minimum absolute atomic E-state index is 0.145. The second-order valence-electron chi connectivity index (χ2n) is 6.55. The van der Waals surface area contributed by atoms with Crippen molar-refractivity contribution in [1.82, 2.24) is 15.5 Å². The number of imide groups is 1. The van der Waals surface area contributed by atoms with Crippen molar-refractivity contribution in [2.24, 2.45) is 4.99 Å². The van der Waals surface area contributed by atoms with Crippen LogP contribution >= 0.6 is 11.6 Å². The van der Waals surface area contributed by atoms with Gasteiger partial charge in [0.25, 0.3) is 11.8 Å². The van der Waals surface area contributed by atoms with Crippen LogP contribution in [0, 0.1) is 0 Å². The molecule has 0 saturated carbocycles. The zero-order valence-electron chi connectivity index (χ0n) is 15.5. The molecule has 2 amide bonds. The Labute approximate surface area is 173 Å². The molecule has 0 saturated heterocycles. The first-order valence-electron chi connectivity index (χ1n) is 9.19. The molecule has 7 nitrogen and oxygen atoms in total. The monoisotopic (exact) mass is 410 g/mol. The van der Waals surface area contributed by atoms with Crippen LogP contribution < -0.4 is 10.6 Å². The number of rotatable bonds is 7. The maximum absolute atomic E-state index is 12.4. The number of carbonyl (C=O) groups is 2. The number of amidine groups is 1. The van der Waals surface area contributed by atoms with E-state index in [2.05, 4.69) is 15.6 Å². The number of carbonyl (C=O) groups excluding carboxylic acids is 2. The molecule has 148 valence electrons. The first-order chi connectivity index (χ1) is 14.1. The molecule has 2 aromatic rings. The van der Waals surface area contributed by atoms with Crippen molar-refractivity contribution in [3.8, 4) is 0 Å². The van der Waals surface area contributed by atoms with Gasteiger partial charge >= 0.3 is 0 Å². The van der Waals surface area contributed by atoms with Gasteiger partial charge in [0.05, 0.1) is 23.9 Å². The van der Waals surface area contributed by atoms with Gasteiger partial charge in [0.2, 0.25) is 0 Å². The fraction of sp³-hybridized carbons (Fsp3) is 0.190. The van der Waals surface area contributed by atoms with Gasteiger partial charge in [-0.15, -0.1) is 0 Å². The average molecular weight is 411 g/mol. The number of aliphatic imine (C=N–C) groups is 1. The van der Waals surface area contributed by atoms with Crippen LogP contribution in [0.25, 0.3) is 0 Å². The van der Waals surface area contributed by atoms with Crippen molar-refractivity contribution in [2.45, 2.75) is 12.7 Å². The molecule has 0 bridgehead atoms. The zero-order valence-corrected chi connectivity index (χ0v) is 16.2. The summed E-state index contributed by atoms with van der Waals surface area (Å²) < 4.78 is 5.81. The maximum Gasteiger partial charge on any atom is 0.261 e. The Kier molecular flexibility index (Phi) is 5.59. The fourth-order valence-corrected chi connectivity index (χ4v) is 3.37. The number of nitrogens with zero attached hydrogens (tertiary/aromatic N) is 2. The lowest BCUT2D eigenvalue weighted by Crippen LogP contribution is -2.47. The summed E-state index contributed by atoms with van der Waals surface area (Å²) in [6.45, 7) is 0.893. The summed E-state index contributed by atoms with van der Waals surface area (Å²) in [5, 5.41) is 6.57. The summed E-state index contributed by atoms with van der Waals surface area (Å²) in [6, 6.07) is 16.7. The normalized spacial score (nSPS) is 18.1. The standard InChI is InChI=1S/C21H19ClN4O3/c22-21-24-13-17(18(25-21)23-12-14-6-2-1-3-7-14)29-11-10-26-19(27)15-8-4-5-9-16(15)20(26)28/h1-9,13,18,23H,10-12H2,(H,24,25)/t18-/m1/s1. The van der Waals surface area contributed by atoms with E-state index in [0.29, 0.717) is 23.4 Å². The molecule has 0 fully saturated rings. The number of halogens is 1. The molecule has 2 heterocycles. The van der Waals surface area contributed by atoms with E-state index < -0.39 is 0 Å². The van der Waals surface area contributed by atoms with Gasteiger partial charge in [-0.05, 0) is 29.3 Å². The van der Waals surface area contributed by atoms with E-state index >= 15 is 0 Å². The summed E-state index contributed by atoms with van der Waals surface area (Å²) in [5.41, 5.74) is 1.96. The van der Waals surface area contributed by atoms with E-state index in [-0.39, 0.29) is 36.4 Å². The lowest BCUT2D eigenvalue weighted by molar-refractivity contribution is 0.0600. The van der Waals surface area contributed by atoms with Crippen molar-refractivity contribution in [1.29, 1.82) is 0 Å². The van der Waals surface area contributed by atoms with Gasteiger partial charge in [0, 0.05) is 6.54 Å². The number of ether oxygens (including phenoxy) is 1. The molecular formula is C21H19ClN4O3. The van der Waals surface area contributed by atoms with Gasteiger partial charge in [-0.25, -0.2) is 4.99 Å². The molecule has 8 heteroatoms. The molecule has 2 aliphatic heterocycles. The van der Waals surface area contributed by atoms with Crippen LogP contribution in [0.1, 0.15) is 26.3 Å². The number of hydrogen-bond acceptors (Lipinski definition) is 6. The molecule has 0 spiro atoms. The van der Waals surface area contributed by atoms with Gasteiger partial charge in [0.1, 0.15) is 12.8 Å². The number of nitrogens with one attached hydrogen (secondary N) is 2. The van der Waals surface area contributed by atoms with Gasteiger partial charge < -0.3 is 10.1 Å². The van der Waals surface area contributed by atoms with Crippen LogP contribution in [0.2, 0.25) is 0 Å². The van der Waals surface area contributed by atoms with Crippen LogP contribution in [0.3, 0.4) is 0 Å². The van der Waals surface area contributed by atoms with E-state index in [0.717, 1.165) is 5.56 Å². The lowest BCUT2D eigenvalue weighted by Gasteiger charge is -2.26. The number of hydrogen-bond donors (Lipinski definition) is 2. The van der Waals surface area contributed by atoms with Gasteiger partial charge in [-0.2, -0.15) is 0 Å². The van der Waals surface area contributed by atoms with Crippen molar-refractivity contribution < 1.29 is 14.3 Å². The first kappa shape index (κ1) is 19.2. The van der Waals surface area contributed by atoms with E-state index in [1.807, 2.05) is 30.3 Å². The van der Waals surface area contributed by atoms with E-state index in [4.69, 9.17) is 16.3 Å². The highest BCUT2D eigenvalue weighted by atomic mass is 35.5. The van der Waals surface area contributed by atoms with Gasteiger partial charge in [0.15, 0.2) is 11.1 Å². The van der Waals surface area contributed by atoms with Crippen molar-refractivity contribution in [3.05, 3.63) is 83.2 Å². The second-order valence-corrected chi connectivity index (χ2v) is 6.91. The Balaban J connectivity index is 1.35. The summed E-state index contributed by atoms with van der Waals surface area (Å²) in [7, 11) is 0. The predicted octanol–water partition coefficient (Wildman–Crippen LogP) is 2.45. The van der Waals surface area contributed by atoms with Crippen molar-refractivity contribution in [2.75, 3.05) is 13.2 Å². The Bertz CT molecular complexity index is 955. The molecule has 4 rings (SSSR count). The third-order valence-corrected chi connectivity index (χ3v) is 4.87. The molecule has 2 aromatic carbocycles. The predicted molar refractivity (Wildman–Crippen MR) is 109 cm³/mol. The van der Waals surface area contributed by atoms with Gasteiger partial charge in [-0.1, -0.05) is 42.5 Å². The Morgan fingerprint density at radius 2 is 1.69 bits per heavy atom. The van der Waals surface area contributed by atoms with Crippen molar-refractivity contribution >= 4 is 28.7 Å². The minimum atomic E-state index is -0.373. The minimum Gasteiger partial charge on any atom is -0.491 e. The van der Waals surface area contributed by atoms with Crippen LogP contribution in [-0.4, -0.2) is 41.3 Å². The van der Waals surface area contributed by atoms with Crippen LogP contribution in [0.5, 0.6) is 0 Å². The molecular weight excluding hydrogens is 392 g/mol. The number of amides is 2. The molecule has 2 aliphatic rings. The second kappa shape index (κ2) is 8.46. The highest BCUT2D eigenvalue weighted by Gasteiger charge is 2.35. The average Bonchev–Trinajstić information content (AvgIpc) is 2.99. The van der Waals surface area contributed by atoms with E-state index in [1.54, 1.807) is 24.3 Å². The molecule has 1 atom stereocenters. The van der Waals surface area contributed by atoms with Crippen molar-refractivity contribution in [3.63, 3.8) is 0 Å². The van der Waals surface area contributed by atoms with Gasteiger partial charge in [-0.3, -0.25) is 19.8 Å². The highest BCUT2D eigenvalue weighted by molar-refractivity contribution is 6.64. The Hall–Kier alpha value is -3.16. The summed E-state index contributed by atoms with van der Waals surface area (Å²) >= 11 is 5.99. The molecule has 2 N–H and O–H groups in total. The molecule has 0 aromatic heterocycles. The SMILES string of the molecule is O=C1c2ccccc2C(=O)N1CCOC1=CN=C(Cl)N[C@H]1NCc1ccccc1. The van der Waals surface area contributed by atoms with E-state index in [9.17, 15) is 9.59 Å². The topological polar surface area (TPSA) is 83.0 Å². The molecule has 0 aliphatic carbocycles. The third-order valence-electron chi connectivity index (χ3n) is 4.67. The highest BCUT2D eigenvalue weighted by Crippen LogP contribution is 2.22. The van der Waals surface area contributed by atoms with Crippen LogP contribution in [0.15, 0.2) is 71.5 Å². The summed E-state index contributed by atoms with van der Waals surface area (Å²) in [4.78, 5) is 30.1. The number of benzene rings is 2. The molecule has 0 unspecified atom stereocenters. The first-order valence-corrected chi connectivity index (χ1v) is 9.56. The maximum atomic E-state index is 12.4. The smallest absolute Gasteiger partial charge is 0.261 e.